The number of aromatic nitrogens is 1. The zero-order valence-electron chi connectivity index (χ0n) is 7.92. The molecule has 2 aromatic rings. The van der Waals surface area contributed by atoms with Gasteiger partial charge >= 0.3 is 0 Å². The molecule has 1 aliphatic heterocycles. The number of rotatable bonds is 1. The van der Waals surface area contributed by atoms with E-state index in [2.05, 4.69) is 32.7 Å². The van der Waals surface area contributed by atoms with Crippen LogP contribution >= 0.6 is 38.6 Å². The summed E-state index contributed by atoms with van der Waals surface area (Å²) in [6.45, 7) is 2.05. The van der Waals surface area contributed by atoms with Crippen LogP contribution in [-0.2, 0) is 13.0 Å². The minimum atomic E-state index is 0.986. The van der Waals surface area contributed by atoms with Gasteiger partial charge in [-0.05, 0) is 22.0 Å². The Morgan fingerprint density at radius 1 is 1.47 bits per heavy atom. The largest absolute Gasteiger partial charge is 0.311 e. The fourth-order valence-electron chi connectivity index (χ4n) is 1.66. The second-order valence-corrected chi connectivity index (χ2v) is 6.36. The SMILES string of the molecule is Brc1csc(-c2nc3c(s2)CNCC3)c1. The lowest BCUT2D eigenvalue weighted by Gasteiger charge is -2.09. The summed E-state index contributed by atoms with van der Waals surface area (Å²) in [6.07, 6.45) is 1.07. The van der Waals surface area contributed by atoms with Crippen molar-refractivity contribution in [3.63, 3.8) is 0 Å². The number of thiazole rings is 1. The van der Waals surface area contributed by atoms with E-state index in [0.29, 0.717) is 0 Å². The first kappa shape index (κ1) is 9.96. The van der Waals surface area contributed by atoms with Gasteiger partial charge in [0.25, 0.3) is 0 Å². The Hall–Kier alpha value is -0.230. The molecule has 0 radical (unpaired) electrons. The molecule has 78 valence electrons. The quantitative estimate of drug-likeness (QED) is 0.874. The molecule has 0 aromatic carbocycles. The molecule has 0 aliphatic carbocycles. The van der Waals surface area contributed by atoms with Gasteiger partial charge in [0.1, 0.15) is 5.01 Å². The van der Waals surface area contributed by atoms with Gasteiger partial charge in [0.05, 0.1) is 10.6 Å². The first-order valence-electron chi connectivity index (χ1n) is 4.76. The molecular weight excluding hydrogens is 292 g/mol. The second kappa shape index (κ2) is 3.97. The Kier molecular flexibility index (Phi) is 2.64. The van der Waals surface area contributed by atoms with Crippen LogP contribution in [0.2, 0.25) is 0 Å². The average Bonchev–Trinajstić information content (AvgIpc) is 2.82. The standard InChI is InChI=1S/C10H9BrN2S2/c11-6-3-8(14-5-6)10-13-7-1-2-12-4-9(7)15-10/h3,5,12H,1-2,4H2. The summed E-state index contributed by atoms with van der Waals surface area (Å²) in [4.78, 5) is 7.37. The third-order valence-electron chi connectivity index (χ3n) is 2.38. The highest BCUT2D eigenvalue weighted by Crippen LogP contribution is 2.34. The lowest BCUT2D eigenvalue weighted by Crippen LogP contribution is -2.22. The monoisotopic (exact) mass is 300 g/mol. The fraction of sp³-hybridized carbons (Fsp3) is 0.300. The van der Waals surface area contributed by atoms with E-state index >= 15 is 0 Å². The number of nitrogens with zero attached hydrogens (tertiary/aromatic N) is 1. The van der Waals surface area contributed by atoms with Crippen LogP contribution in [0, 0.1) is 0 Å². The summed E-state index contributed by atoms with van der Waals surface area (Å²) >= 11 is 7.04. The summed E-state index contributed by atoms with van der Waals surface area (Å²) in [5, 5.41) is 6.65. The normalized spacial score (nSPS) is 15.3. The number of fused-ring (bicyclic) bond motifs is 1. The molecule has 2 aromatic heterocycles. The minimum Gasteiger partial charge on any atom is -0.311 e. The zero-order chi connectivity index (χ0) is 10.3. The summed E-state index contributed by atoms with van der Waals surface area (Å²) in [7, 11) is 0. The predicted molar refractivity (Wildman–Crippen MR) is 68.5 cm³/mol. The van der Waals surface area contributed by atoms with Crippen LogP contribution in [0.1, 0.15) is 10.6 Å². The van der Waals surface area contributed by atoms with Crippen molar-refractivity contribution < 1.29 is 0 Å². The molecule has 2 nitrogen and oxygen atoms in total. The van der Waals surface area contributed by atoms with Gasteiger partial charge in [-0.1, -0.05) is 0 Å². The van der Waals surface area contributed by atoms with E-state index in [1.807, 2.05) is 11.3 Å². The van der Waals surface area contributed by atoms with Crippen LogP contribution < -0.4 is 5.32 Å². The van der Waals surface area contributed by atoms with E-state index in [4.69, 9.17) is 4.98 Å². The molecule has 0 unspecified atom stereocenters. The van der Waals surface area contributed by atoms with Gasteiger partial charge in [0.2, 0.25) is 0 Å². The van der Waals surface area contributed by atoms with E-state index in [9.17, 15) is 0 Å². The van der Waals surface area contributed by atoms with Crippen molar-refractivity contribution in [2.45, 2.75) is 13.0 Å². The highest BCUT2D eigenvalue weighted by Gasteiger charge is 2.16. The van der Waals surface area contributed by atoms with Crippen LogP contribution in [0.4, 0.5) is 0 Å². The third kappa shape index (κ3) is 1.89. The molecule has 0 amide bonds. The smallest absolute Gasteiger partial charge is 0.133 e. The fourth-order valence-corrected chi connectivity index (χ4v) is 4.22. The van der Waals surface area contributed by atoms with Crippen LogP contribution in [-0.4, -0.2) is 11.5 Å². The highest BCUT2D eigenvalue weighted by molar-refractivity contribution is 9.10. The molecule has 5 heteroatoms. The molecule has 1 N–H and O–H groups in total. The van der Waals surface area contributed by atoms with Crippen LogP contribution in [0.5, 0.6) is 0 Å². The van der Waals surface area contributed by atoms with Crippen LogP contribution in [0.25, 0.3) is 9.88 Å². The van der Waals surface area contributed by atoms with Crippen molar-refractivity contribution in [1.82, 2.24) is 10.3 Å². The summed E-state index contributed by atoms with van der Waals surface area (Å²) in [5.74, 6) is 0. The maximum atomic E-state index is 4.70. The maximum absolute atomic E-state index is 4.70. The van der Waals surface area contributed by atoms with E-state index in [-0.39, 0.29) is 0 Å². The molecule has 1 aliphatic rings. The van der Waals surface area contributed by atoms with Crippen molar-refractivity contribution in [3.05, 3.63) is 26.5 Å². The number of thiophene rings is 1. The van der Waals surface area contributed by atoms with Crippen molar-refractivity contribution in [3.8, 4) is 9.88 Å². The van der Waals surface area contributed by atoms with Gasteiger partial charge in [-0.2, -0.15) is 0 Å². The minimum absolute atomic E-state index is 0.986. The molecule has 0 atom stereocenters. The number of nitrogens with one attached hydrogen (secondary N) is 1. The van der Waals surface area contributed by atoms with Crippen LogP contribution in [0.15, 0.2) is 15.9 Å². The summed E-state index contributed by atoms with van der Waals surface area (Å²) in [5.41, 5.74) is 1.29. The van der Waals surface area contributed by atoms with E-state index in [1.54, 1.807) is 11.3 Å². The molecule has 15 heavy (non-hydrogen) atoms. The summed E-state index contributed by atoms with van der Waals surface area (Å²) < 4.78 is 1.15. The molecule has 0 fully saturated rings. The van der Waals surface area contributed by atoms with E-state index < -0.39 is 0 Å². The second-order valence-electron chi connectivity index (χ2n) is 3.44. The van der Waals surface area contributed by atoms with Crippen molar-refractivity contribution in [2.75, 3.05) is 6.54 Å². The first-order valence-corrected chi connectivity index (χ1v) is 7.25. The highest BCUT2D eigenvalue weighted by atomic mass is 79.9. The van der Waals surface area contributed by atoms with Gasteiger partial charge in [0.15, 0.2) is 0 Å². The lowest BCUT2D eigenvalue weighted by atomic mass is 10.2. The molecule has 0 bridgehead atoms. The first-order chi connectivity index (χ1) is 7.33. The molecule has 3 rings (SSSR count). The number of hydrogen-bond acceptors (Lipinski definition) is 4. The summed E-state index contributed by atoms with van der Waals surface area (Å²) in [6, 6.07) is 2.14. The molecule has 0 spiro atoms. The van der Waals surface area contributed by atoms with Gasteiger partial charge in [-0.25, -0.2) is 4.98 Å². The topological polar surface area (TPSA) is 24.9 Å². The van der Waals surface area contributed by atoms with Crippen molar-refractivity contribution >= 4 is 38.6 Å². The van der Waals surface area contributed by atoms with Gasteiger partial charge in [-0.3, -0.25) is 0 Å². The Morgan fingerprint density at radius 3 is 3.13 bits per heavy atom. The van der Waals surface area contributed by atoms with Gasteiger partial charge in [0, 0.05) is 34.2 Å². The average molecular weight is 301 g/mol. The Labute approximate surface area is 104 Å². The molecular formula is C10H9BrN2S2. The van der Waals surface area contributed by atoms with E-state index in [1.165, 1.54) is 20.5 Å². The maximum Gasteiger partial charge on any atom is 0.133 e. The Morgan fingerprint density at radius 2 is 2.40 bits per heavy atom. The molecule has 0 saturated carbocycles. The Balaban J connectivity index is 2.02. The van der Waals surface area contributed by atoms with Gasteiger partial charge in [-0.15, -0.1) is 22.7 Å². The Bertz CT molecular complexity index is 466. The predicted octanol–water partition coefficient (Wildman–Crippen LogP) is 3.28. The molecule has 0 saturated heterocycles. The molecule has 3 heterocycles. The third-order valence-corrected chi connectivity index (χ3v) is 5.34. The zero-order valence-corrected chi connectivity index (χ0v) is 11.1. The number of halogens is 1. The lowest BCUT2D eigenvalue weighted by molar-refractivity contribution is 0.644. The van der Waals surface area contributed by atoms with E-state index in [0.717, 1.165) is 24.0 Å². The van der Waals surface area contributed by atoms with Crippen molar-refractivity contribution in [1.29, 1.82) is 0 Å². The van der Waals surface area contributed by atoms with Gasteiger partial charge < -0.3 is 5.32 Å². The van der Waals surface area contributed by atoms with Crippen molar-refractivity contribution in [2.24, 2.45) is 0 Å². The van der Waals surface area contributed by atoms with Crippen LogP contribution in [0.3, 0.4) is 0 Å². The number of hydrogen-bond donors (Lipinski definition) is 1.